The maximum absolute atomic E-state index is 13.4. The third-order valence-corrected chi connectivity index (χ3v) is 6.01. The standard InChI is InChI=1S/C23H19N3O5/c1-25-21-18(22(29)26(2)23(25)30)16(11-8-9-14(27)15(10-11)31-3)17-19(24-21)12-6-4-5-7-13(12)20(17)28/h4-10,16,24,27H,1-3H3/t16-/m0/s1. The molecule has 0 amide bonds. The van der Waals surface area contributed by atoms with E-state index in [9.17, 15) is 19.5 Å². The monoisotopic (exact) mass is 417 g/mol. The Balaban J connectivity index is 1.89. The number of nitrogens with one attached hydrogen (secondary N) is 1. The number of ether oxygens (including phenoxy) is 1. The van der Waals surface area contributed by atoms with Gasteiger partial charge in [-0.3, -0.25) is 18.7 Å². The summed E-state index contributed by atoms with van der Waals surface area (Å²) in [5.74, 6) is -0.412. The van der Waals surface area contributed by atoms with Gasteiger partial charge < -0.3 is 15.2 Å². The maximum atomic E-state index is 13.4. The number of phenols is 1. The fraction of sp³-hybridized carbons (Fsp3) is 0.174. The number of aromatic hydroxyl groups is 1. The van der Waals surface area contributed by atoms with Crippen molar-refractivity contribution < 1.29 is 14.6 Å². The van der Waals surface area contributed by atoms with Gasteiger partial charge >= 0.3 is 5.69 Å². The normalized spacial score (nSPS) is 16.5. The highest BCUT2D eigenvalue weighted by molar-refractivity contribution is 6.23. The van der Waals surface area contributed by atoms with Crippen LogP contribution in [0, 0.1) is 0 Å². The summed E-state index contributed by atoms with van der Waals surface area (Å²) in [6, 6.07) is 11.9. The van der Waals surface area contributed by atoms with E-state index in [0.29, 0.717) is 28.2 Å². The minimum absolute atomic E-state index is 0.0518. The third-order valence-electron chi connectivity index (χ3n) is 6.01. The molecule has 1 aliphatic carbocycles. The van der Waals surface area contributed by atoms with Crippen LogP contribution in [0.1, 0.15) is 33.0 Å². The van der Waals surface area contributed by atoms with Gasteiger partial charge in [-0.1, -0.05) is 30.3 Å². The van der Waals surface area contributed by atoms with Crippen molar-refractivity contribution in [1.82, 2.24) is 9.13 Å². The Morgan fingerprint density at radius 3 is 2.42 bits per heavy atom. The number of aromatic nitrogens is 2. The minimum atomic E-state index is -0.744. The van der Waals surface area contributed by atoms with Crippen LogP contribution < -0.4 is 21.3 Å². The summed E-state index contributed by atoms with van der Waals surface area (Å²) in [5, 5.41) is 13.3. The Labute approximate surface area is 176 Å². The maximum Gasteiger partial charge on any atom is 0.332 e. The second-order valence-electron chi connectivity index (χ2n) is 7.62. The van der Waals surface area contributed by atoms with E-state index in [1.807, 2.05) is 12.1 Å². The Kier molecular flexibility index (Phi) is 3.95. The second kappa shape index (κ2) is 6.46. The van der Waals surface area contributed by atoms with E-state index in [1.165, 1.54) is 24.8 Å². The summed E-state index contributed by atoms with van der Waals surface area (Å²) < 4.78 is 7.66. The van der Waals surface area contributed by atoms with Gasteiger partial charge in [0.05, 0.1) is 18.4 Å². The Morgan fingerprint density at radius 1 is 1.00 bits per heavy atom. The largest absolute Gasteiger partial charge is 0.504 e. The number of benzene rings is 2. The number of anilines is 1. The van der Waals surface area contributed by atoms with Crippen LogP contribution >= 0.6 is 0 Å². The summed E-state index contributed by atoms with van der Waals surface area (Å²) in [7, 11) is 4.42. The van der Waals surface area contributed by atoms with Crippen molar-refractivity contribution in [3.05, 3.63) is 91.1 Å². The number of carbonyl (C=O) groups is 1. The highest BCUT2D eigenvalue weighted by atomic mass is 16.5. The van der Waals surface area contributed by atoms with E-state index < -0.39 is 17.2 Å². The van der Waals surface area contributed by atoms with E-state index in [4.69, 9.17) is 4.74 Å². The van der Waals surface area contributed by atoms with Crippen molar-refractivity contribution in [2.75, 3.05) is 12.4 Å². The predicted octanol–water partition coefficient (Wildman–Crippen LogP) is 1.96. The topological polar surface area (TPSA) is 103 Å². The highest BCUT2D eigenvalue weighted by Crippen LogP contribution is 2.48. The summed E-state index contributed by atoms with van der Waals surface area (Å²) in [4.78, 5) is 39.3. The lowest BCUT2D eigenvalue weighted by molar-refractivity contribution is 0.103. The number of rotatable bonds is 2. The predicted molar refractivity (Wildman–Crippen MR) is 115 cm³/mol. The zero-order valence-corrected chi connectivity index (χ0v) is 17.1. The zero-order chi connectivity index (χ0) is 22.0. The molecule has 1 atom stereocenters. The molecule has 1 aliphatic heterocycles. The van der Waals surface area contributed by atoms with Crippen molar-refractivity contribution in [1.29, 1.82) is 0 Å². The number of hydrogen-bond acceptors (Lipinski definition) is 6. The number of Topliss-reactive ketones (excluding diaryl/α,β-unsaturated/α-hetero) is 1. The molecule has 5 rings (SSSR count). The number of methoxy groups -OCH3 is 1. The van der Waals surface area contributed by atoms with E-state index in [0.717, 1.165) is 10.1 Å². The van der Waals surface area contributed by atoms with Crippen molar-refractivity contribution in [2.24, 2.45) is 14.1 Å². The highest BCUT2D eigenvalue weighted by Gasteiger charge is 2.42. The van der Waals surface area contributed by atoms with E-state index in [-0.39, 0.29) is 22.8 Å². The quantitative estimate of drug-likeness (QED) is 0.661. The summed E-state index contributed by atoms with van der Waals surface area (Å²) in [6.45, 7) is 0. The lowest BCUT2D eigenvalue weighted by Crippen LogP contribution is -2.42. The molecular weight excluding hydrogens is 398 g/mol. The number of nitrogens with zero attached hydrogens (tertiary/aromatic N) is 2. The molecular formula is C23H19N3O5. The van der Waals surface area contributed by atoms with Crippen molar-refractivity contribution in [2.45, 2.75) is 5.92 Å². The van der Waals surface area contributed by atoms with Gasteiger partial charge in [-0.15, -0.1) is 0 Å². The average Bonchev–Trinajstić information content (AvgIpc) is 3.07. The van der Waals surface area contributed by atoms with Gasteiger partial charge in [0.25, 0.3) is 5.56 Å². The van der Waals surface area contributed by atoms with Gasteiger partial charge in [-0.25, -0.2) is 4.79 Å². The number of phenolic OH excluding ortho intramolecular Hbond substituents is 1. The lowest BCUT2D eigenvalue weighted by Gasteiger charge is -2.29. The molecule has 0 saturated heterocycles. The Bertz CT molecular complexity index is 1440. The van der Waals surface area contributed by atoms with Crippen LogP contribution in [0.15, 0.2) is 57.6 Å². The molecule has 2 N–H and O–H groups in total. The molecule has 31 heavy (non-hydrogen) atoms. The fourth-order valence-corrected chi connectivity index (χ4v) is 4.46. The molecule has 0 fully saturated rings. The molecule has 0 radical (unpaired) electrons. The van der Waals surface area contributed by atoms with Gasteiger partial charge in [0, 0.05) is 36.7 Å². The lowest BCUT2D eigenvalue weighted by atomic mass is 9.81. The minimum Gasteiger partial charge on any atom is -0.504 e. The van der Waals surface area contributed by atoms with Crippen LogP contribution in [0.25, 0.3) is 5.70 Å². The smallest absolute Gasteiger partial charge is 0.332 e. The van der Waals surface area contributed by atoms with E-state index >= 15 is 0 Å². The Hall–Kier alpha value is -4.07. The average molecular weight is 417 g/mol. The molecule has 0 saturated carbocycles. The molecule has 1 aromatic heterocycles. The molecule has 0 bridgehead atoms. The number of fused-ring (bicyclic) bond motifs is 3. The second-order valence-corrected chi connectivity index (χ2v) is 7.62. The number of allylic oxidation sites excluding steroid dienone is 1. The van der Waals surface area contributed by atoms with Crippen molar-refractivity contribution in [3.63, 3.8) is 0 Å². The van der Waals surface area contributed by atoms with Gasteiger partial charge in [0.1, 0.15) is 5.82 Å². The van der Waals surface area contributed by atoms with Crippen molar-refractivity contribution >= 4 is 17.3 Å². The number of hydrogen-bond donors (Lipinski definition) is 2. The van der Waals surface area contributed by atoms with E-state index in [2.05, 4.69) is 5.32 Å². The molecule has 2 heterocycles. The molecule has 3 aromatic rings. The van der Waals surface area contributed by atoms with Crippen LogP contribution in [0.5, 0.6) is 11.5 Å². The van der Waals surface area contributed by atoms with Crippen LogP contribution in [-0.2, 0) is 14.1 Å². The number of ketones is 1. The van der Waals surface area contributed by atoms with Crippen LogP contribution in [-0.4, -0.2) is 27.1 Å². The molecule has 156 valence electrons. The number of carbonyl (C=O) groups excluding carboxylic acids is 1. The zero-order valence-electron chi connectivity index (χ0n) is 17.1. The molecule has 2 aromatic carbocycles. The summed E-state index contributed by atoms with van der Waals surface area (Å²) >= 11 is 0. The molecule has 0 spiro atoms. The molecule has 2 aliphatic rings. The van der Waals surface area contributed by atoms with Gasteiger partial charge in [-0.2, -0.15) is 0 Å². The molecule has 0 unspecified atom stereocenters. The molecule has 8 nitrogen and oxygen atoms in total. The van der Waals surface area contributed by atoms with Crippen molar-refractivity contribution in [3.8, 4) is 11.5 Å². The van der Waals surface area contributed by atoms with Crippen LogP contribution in [0.3, 0.4) is 0 Å². The first-order valence-corrected chi connectivity index (χ1v) is 9.67. The van der Waals surface area contributed by atoms with Gasteiger partial charge in [-0.05, 0) is 17.7 Å². The van der Waals surface area contributed by atoms with Gasteiger partial charge in [0.15, 0.2) is 17.3 Å². The van der Waals surface area contributed by atoms with Crippen LogP contribution in [0.4, 0.5) is 5.82 Å². The fourth-order valence-electron chi connectivity index (χ4n) is 4.46. The first kappa shape index (κ1) is 18.9. The first-order chi connectivity index (χ1) is 14.8. The third kappa shape index (κ3) is 2.44. The SMILES string of the molecule is COc1cc([C@H]2C3=C(Nc4c2c(=O)n(C)c(=O)n4C)c2ccccc2C3=O)ccc1O. The Morgan fingerprint density at radius 2 is 1.71 bits per heavy atom. The summed E-state index contributed by atoms with van der Waals surface area (Å²) in [5.41, 5.74) is 2.19. The van der Waals surface area contributed by atoms with E-state index in [1.54, 1.807) is 31.3 Å². The molecule has 8 heteroatoms. The summed E-state index contributed by atoms with van der Waals surface area (Å²) in [6.07, 6.45) is 0. The first-order valence-electron chi connectivity index (χ1n) is 9.67. The van der Waals surface area contributed by atoms with Crippen LogP contribution in [0.2, 0.25) is 0 Å². The van der Waals surface area contributed by atoms with Gasteiger partial charge in [0.2, 0.25) is 0 Å².